The third kappa shape index (κ3) is 5.58. The Bertz CT molecular complexity index is 1080. The molecule has 4 rings (SSSR count). The van der Waals surface area contributed by atoms with Crippen LogP contribution < -0.4 is 0 Å². The van der Waals surface area contributed by atoms with Crippen molar-refractivity contribution >= 4 is 0 Å². The number of hydrogen-bond acceptors (Lipinski definition) is 6. The number of phenols is 2. The van der Waals surface area contributed by atoms with Gasteiger partial charge in [0.2, 0.25) is 0 Å². The predicted molar refractivity (Wildman–Crippen MR) is 154 cm³/mol. The Morgan fingerprint density at radius 1 is 0.641 bits per heavy atom. The highest BCUT2D eigenvalue weighted by atomic mass is 16.5. The van der Waals surface area contributed by atoms with Crippen molar-refractivity contribution in [3.05, 3.63) is 57.6 Å². The van der Waals surface area contributed by atoms with Crippen LogP contribution in [0, 0.1) is 0 Å². The van der Waals surface area contributed by atoms with Crippen LogP contribution in [-0.2, 0) is 35.2 Å². The zero-order chi connectivity index (χ0) is 28.6. The summed E-state index contributed by atoms with van der Waals surface area (Å²) in [6.07, 6.45) is 1.33. The lowest BCUT2D eigenvalue weighted by molar-refractivity contribution is 0.0137. The molecule has 2 aliphatic rings. The molecule has 0 heterocycles. The fourth-order valence-corrected chi connectivity index (χ4v) is 7.10. The maximum absolute atomic E-state index is 11.2. The van der Waals surface area contributed by atoms with Gasteiger partial charge in [-0.05, 0) is 97.9 Å². The van der Waals surface area contributed by atoms with Gasteiger partial charge in [0.25, 0.3) is 0 Å². The van der Waals surface area contributed by atoms with Crippen molar-refractivity contribution in [2.24, 2.45) is 0 Å². The van der Waals surface area contributed by atoms with Crippen molar-refractivity contribution in [2.45, 2.75) is 96.7 Å². The monoisotopic (exact) mass is 540 g/mol. The van der Waals surface area contributed by atoms with Gasteiger partial charge in [-0.2, -0.15) is 0 Å². The van der Waals surface area contributed by atoms with E-state index >= 15 is 0 Å². The second-order valence-corrected chi connectivity index (χ2v) is 12.5. The van der Waals surface area contributed by atoms with Crippen LogP contribution >= 0.6 is 0 Å². The molecule has 2 unspecified atom stereocenters. The second kappa shape index (κ2) is 11.4. The van der Waals surface area contributed by atoms with E-state index in [1.807, 2.05) is 39.8 Å². The summed E-state index contributed by atoms with van der Waals surface area (Å²) in [5, 5.41) is 22.5. The number of phenolic OH excluding ortho intramolecular Hbond substituents is 2. The number of fused-ring (bicyclic) bond motifs is 4. The minimum absolute atomic E-state index is 0.107. The van der Waals surface area contributed by atoms with Crippen LogP contribution in [0.4, 0.5) is 0 Å². The van der Waals surface area contributed by atoms with Crippen molar-refractivity contribution in [3.63, 3.8) is 0 Å². The average molecular weight is 541 g/mol. The van der Waals surface area contributed by atoms with E-state index in [9.17, 15) is 10.2 Å². The Balaban J connectivity index is 1.72. The van der Waals surface area contributed by atoms with E-state index in [-0.39, 0.29) is 40.0 Å². The van der Waals surface area contributed by atoms with Crippen LogP contribution in [0.2, 0.25) is 0 Å². The first-order chi connectivity index (χ1) is 18.4. The summed E-state index contributed by atoms with van der Waals surface area (Å²) in [7, 11) is 0. The molecule has 2 atom stereocenters. The van der Waals surface area contributed by atoms with E-state index in [1.165, 1.54) is 11.1 Å². The molecule has 216 valence electrons. The Labute approximate surface area is 234 Å². The topological polar surface area (TPSA) is 77.4 Å². The SMILES string of the molecule is CCOCCOC(C)c1cc2c(cc1O)C1(CC2(C)C)CC(C)(C)c2cc(C(C)OCCOCC)c(O)cc21. The maximum atomic E-state index is 11.2. The first kappa shape index (κ1) is 29.9. The van der Waals surface area contributed by atoms with Gasteiger partial charge in [-0.25, -0.2) is 0 Å². The van der Waals surface area contributed by atoms with E-state index in [0.717, 1.165) is 35.1 Å². The summed E-state index contributed by atoms with van der Waals surface area (Å²) < 4.78 is 22.8. The first-order valence-electron chi connectivity index (χ1n) is 14.5. The van der Waals surface area contributed by atoms with Crippen LogP contribution in [0.1, 0.15) is 114 Å². The number of benzene rings is 2. The fraction of sp³-hybridized carbons (Fsp3) is 0.636. The normalized spacial score (nSPS) is 22.2. The van der Waals surface area contributed by atoms with Crippen LogP contribution in [0.15, 0.2) is 24.3 Å². The van der Waals surface area contributed by atoms with Gasteiger partial charge in [0.15, 0.2) is 0 Å². The predicted octanol–water partition coefficient (Wildman–Crippen LogP) is 6.97. The molecule has 2 aliphatic carbocycles. The first-order valence-corrected chi connectivity index (χ1v) is 14.5. The lowest BCUT2D eigenvalue weighted by atomic mass is 9.72. The molecule has 0 amide bonds. The third-order valence-corrected chi connectivity index (χ3v) is 8.79. The van der Waals surface area contributed by atoms with Gasteiger partial charge >= 0.3 is 0 Å². The van der Waals surface area contributed by atoms with Gasteiger partial charge in [-0.15, -0.1) is 0 Å². The van der Waals surface area contributed by atoms with Crippen molar-refractivity contribution < 1.29 is 29.2 Å². The zero-order valence-corrected chi connectivity index (χ0v) is 25.1. The molecule has 0 saturated carbocycles. The van der Waals surface area contributed by atoms with Gasteiger partial charge in [0, 0.05) is 29.8 Å². The largest absolute Gasteiger partial charge is 0.508 e. The van der Waals surface area contributed by atoms with Crippen molar-refractivity contribution in [2.75, 3.05) is 39.6 Å². The number of hydrogen-bond donors (Lipinski definition) is 2. The maximum Gasteiger partial charge on any atom is 0.121 e. The van der Waals surface area contributed by atoms with Crippen molar-refractivity contribution in [1.29, 1.82) is 0 Å². The van der Waals surface area contributed by atoms with E-state index in [1.54, 1.807) is 0 Å². The third-order valence-electron chi connectivity index (χ3n) is 8.79. The number of rotatable bonds is 12. The summed E-state index contributed by atoms with van der Waals surface area (Å²) in [6, 6.07) is 8.24. The lowest BCUT2D eigenvalue weighted by Gasteiger charge is -2.30. The fourth-order valence-electron chi connectivity index (χ4n) is 7.10. The molecule has 2 aromatic rings. The molecular formula is C33H48O6. The highest BCUT2D eigenvalue weighted by Gasteiger charge is 2.56. The van der Waals surface area contributed by atoms with Crippen LogP contribution in [0.3, 0.4) is 0 Å². The standard InChI is InChI=1S/C33H48O6/c1-9-36-11-13-38-21(3)23-15-25-27(17-29(23)34)33(19-31(25,5)6)20-32(7,8)26-16-24(30(35)18-28(26)33)22(4)39-14-12-37-10-2/h15-18,21-22,34-35H,9-14,19-20H2,1-8H3. The number of ether oxygens (including phenoxy) is 4. The van der Waals surface area contributed by atoms with Crippen molar-refractivity contribution in [1.82, 2.24) is 0 Å². The molecule has 1 spiro atoms. The zero-order valence-electron chi connectivity index (χ0n) is 25.1. The van der Waals surface area contributed by atoms with Crippen LogP contribution in [0.5, 0.6) is 11.5 Å². The molecule has 2 N–H and O–H groups in total. The van der Waals surface area contributed by atoms with Gasteiger partial charge in [0.05, 0.1) is 38.6 Å². The van der Waals surface area contributed by atoms with Gasteiger partial charge in [-0.3, -0.25) is 0 Å². The molecule has 0 saturated heterocycles. The smallest absolute Gasteiger partial charge is 0.121 e. The van der Waals surface area contributed by atoms with Gasteiger partial charge < -0.3 is 29.2 Å². The second-order valence-electron chi connectivity index (χ2n) is 12.5. The van der Waals surface area contributed by atoms with E-state index in [4.69, 9.17) is 18.9 Å². The quantitative estimate of drug-likeness (QED) is 0.283. The van der Waals surface area contributed by atoms with Crippen molar-refractivity contribution in [3.8, 4) is 11.5 Å². The summed E-state index contributed by atoms with van der Waals surface area (Å²) >= 11 is 0. The minimum atomic E-state index is -0.290. The molecule has 39 heavy (non-hydrogen) atoms. The molecule has 0 aliphatic heterocycles. The minimum Gasteiger partial charge on any atom is -0.508 e. The molecule has 2 aromatic carbocycles. The highest BCUT2D eigenvalue weighted by Crippen LogP contribution is 2.64. The molecule has 6 nitrogen and oxygen atoms in total. The molecule has 0 aromatic heterocycles. The highest BCUT2D eigenvalue weighted by molar-refractivity contribution is 5.64. The van der Waals surface area contributed by atoms with Crippen LogP contribution in [-0.4, -0.2) is 49.9 Å². The Kier molecular flexibility index (Phi) is 8.73. The van der Waals surface area contributed by atoms with E-state index < -0.39 is 0 Å². The summed E-state index contributed by atoms with van der Waals surface area (Å²) in [5.74, 6) is 0.524. The molecule has 0 bridgehead atoms. The van der Waals surface area contributed by atoms with Crippen LogP contribution in [0.25, 0.3) is 0 Å². The molecular weight excluding hydrogens is 492 g/mol. The summed E-state index contributed by atoms with van der Waals surface area (Å²) in [4.78, 5) is 0. The Hall–Kier alpha value is -2.12. The van der Waals surface area contributed by atoms with E-state index in [2.05, 4.69) is 39.8 Å². The lowest BCUT2D eigenvalue weighted by Crippen LogP contribution is -2.26. The van der Waals surface area contributed by atoms with Gasteiger partial charge in [0.1, 0.15) is 11.5 Å². The van der Waals surface area contributed by atoms with E-state index in [0.29, 0.717) is 39.6 Å². The molecule has 0 fully saturated rings. The summed E-state index contributed by atoms with van der Waals surface area (Å²) in [5.41, 5.74) is 5.93. The molecule has 0 radical (unpaired) electrons. The molecule has 6 heteroatoms. The average Bonchev–Trinajstić information content (AvgIpc) is 3.22. The van der Waals surface area contributed by atoms with Gasteiger partial charge in [-0.1, -0.05) is 27.7 Å². The summed E-state index contributed by atoms with van der Waals surface area (Å²) in [6.45, 7) is 20.4. The number of aromatic hydroxyl groups is 2. The Morgan fingerprint density at radius 2 is 1.03 bits per heavy atom. The Morgan fingerprint density at radius 3 is 1.38 bits per heavy atom.